The second-order valence-electron chi connectivity index (χ2n) is 5.20. The van der Waals surface area contributed by atoms with Crippen LogP contribution >= 0.6 is 0 Å². The van der Waals surface area contributed by atoms with Gasteiger partial charge in [-0.3, -0.25) is 4.79 Å². The Morgan fingerprint density at radius 1 is 1.35 bits per heavy atom. The Morgan fingerprint density at radius 2 is 2.10 bits per heavy atom. The SMILES string of the molecule is O=C(NCCCc1ccc(O)cc1)C1CCC(F)CN1. The molecule has 1 aliphatic rings. The second-order valence-corrected chi connectivity index (χ2v) is 5.20. The summed E-state index contributed by atoms with van der Waals surface area (Å²) in [5.41, 5.74) is 1.13. The van der Waals surface area contributed by atoms with Crippen LogP contribution in [0, 0.1) is 0 Å². The van der Waals surface area contributed by atoms with Crippen LogP contribution in [0.25, 0.3) is 0 Å². The average molecular weight is 280 g/mol. The number of halogens is 1. The van der Waals surface area contributed by atoms with Crippen molar-refractivity contribution in [2.75, 3.05) is 13.1 Å². The van der Waals surface area contributed by atoms with E-state index in [-0.39, 0.29) is 24.2 Å². The molecule has 1 heterocycles. The minimum Gasteiger partial charge on any atom is -0.508 e. The molecule has 4 nitrogen and oxygen atoms in total. The molecule has 1 saturated heterocycles. The third-order valence-corrected chi connectivity index (χ3v) is 3.55. The summed E-state index contributed by atoms with van der Waals surface area (Å²) >= 11 is 0. The average Bonchev–Trinajstić information content (AvgIpc) is 2.46. The van der Waals surface area contributed by atoms with Crippen LogP contribution in [-0.4, -0.2) is 36.3 Å². The molecule has 0 saturated carbocycles. The Labute approximate surface area is 118 Å². The van der Waals surface area contributed by atoms with Crippen molar-refractivity contribution in [3.8, 4) is 5.75 Å². The molecule has 110 valence electrons. The Kier molecular flexibility index (Phi) is 5.35. The van der Waals surface area contributed by atoms with Crippen LogP contribution in [0.15, 0.2) is 24.3 Å². The largest absolute Gasteiger partial charge is 0.508 e. The predicted octanol–water partition coefficient (Wildman–Crippen LogP) is 1.53. The van der Waals surface area contributed by atoms with Crippen LogP contribution in [0.3, 0.4) is 0 Å². The number of aromatic hydroxyl groups is 1. The highest BCUT2D eigenvalue weighted by Crippen LogP contribution is 2.12. The number of rotatable bonds is 5. The molecule has 1 amide bonds. The van der Waals surface area contributed by atoms with Gasteiger partial charge in [0.2, 0.25) is 5.91 Å². The Morgan fingerprint density at radius 3 is 2.75 bits per heavy atom. The van der Waals surface area contributed by atoms with Crippen molar-refractivity contribution < 1.29 is 14.3 Å². The van der Waals surface area contributed by atoms with Gasteiger partial charge in [-0.25, -0.2) is 4.39 Å². The van der Waals surface area contributed by atoms with Gasteiger partial charge in [0, 0.05) is 13.1 Å². The van der Waals surface area contributed by atoms with Crippen molar-refractivity contribution in [1.29, 1.82) is 0 Å². The van der Waals surface area contributed by atoms with E-state index in [1.54, 1.807) is 12.1 Å². The number of piperidine rings is 1. The first kappa shape index (κ1) is 14.8. The normalized spacial score (nSPS) is 22.4. The topological polar surface area (TPSA) is 61.4 Å². The molecule has 2 unspecified atom stereocenters. The molecule has 0 spiro atoms. The van der Waals surface area contributed by atoms with Crippen LogP contribution < -0.4 is 10.6 Å². The van der Waals surface area contributed by atoms with Gasteiger partial charge in [-0.15, -0.1) is 0 Å². The van der Waals surface area contributed by atoms with E-state index in [9.17, 15) is 14.3 Å². The number of alkyl halides is 1. The zero-order valence-electron chi connectivity index (χ0n) is 11.4. The minimum atomic E-state index is -0.825. The van der Waals surface area contributed by atoms with Crippen molar-refractivity contribution in [3.63, 3.8) is 0 Å². The lowest BCUT2D eigenvalue weighted by molar-refractivity contribution is -0.123. The number of benzene rings is 1. The summed E-state index contributed by atoms with van der Waals surface area (Å²) < 4.78 is 12.9. The van der Waals surface area contributed by atoms with E-state index in [2.05, 4.69) is 10.6 Å². The summed E-state index contributed by atoms with van der Waals surface area (Å²) in [7, 11) is 0. The van der Waals surface area contributed by atoms with Crippen LogP contribution in [0.5, 0.6) is 5.75 Å². The van der Waals surface area contributed by atoms with Crippen molar-refractivity contribution in [1.82, 2.24) is 10.6 Å². The summed E-state index contributed by atoms with van der Waals surface area (Å²) in [6.07, 6.45) is 1.89. The molecule has 0 aromatic heterocycles. The van der Waals surface area contributed by atoms with Crippen molar-refractivity contribution >= 4 is 5.91 Å². The third kappa shape index (κ3) is 4.49. The number of nitrogens with one attached hydrogen (secondary N) is 2. The smallest absolute Gasteiger partial charge is 0.237 e. The first-order valence-corrected chi connectivity index (χ1v) is 7.08. The molecule has 20 heavy (non-hydrogen) atoms. The summed E-state index contributed by atoms with van der Waals surface area (Å²) in [5, 5.41) is 15.0. The van der Waals surface area contributed by atoms with Gasteiger partial charge in [0.05, 0.1) is 6.04 Å². The number of phenolic OH excluding ortho intramolecular Hbond substituents is 1. The molecule has 1 fully saturated rings. The lowest BCUT2D eigenvalue weighted by atomic mass is 10.0. The molecule has 5 heteroatoms. The van der Waals surface area contributed by atoms with E-state index in [4.69, 9.17) is 0 Å². The Balaban J connectivity index is 1.63. The molecular weight excluding hydrogens is 259 g/mol. The lowest BCUT2D eigenvalue weighted by Crippen LogP contribution is -2.49. The summed E-state index contributed by atoms with van der Waals surface area (Å²) in [5.74, 6) is 0.221. The van der Waals surface area contributed by atoms with E-state index < -0.39 is 6.17 Å². The molecule has 1 aromatic rings. The maximum Gasteiger partial charge on any atom is 0.237 e. The van der Waals surface area contributed by atoms with Crippen LogP contribution in [0.2, 0.25) is 0 Å². The van der Waals surface area contributed by atoms with Gasteiger partial charge in [0.15, 0.2) is 0 Å². The molecule has 0 aliphatic carbocycles. The predicted molar refractivity (Wildman–Crippen MR) is 75.4 cm³/mol. The van der Waals surface area contributed by atoms with Gasteiger partial charge in [-0.05, 0) is 43.4 Å². The molecule has 2 rings (SSSR count). The zero-order valence-corrected chi connectivity index (χ0v) is 11.4. The number of hydrogen-bond acceptors (Lipinski definition) is 3. The minimum absolute atomic E-state index is 0.0393. The number of carbonyl (C=O) groups is 1. The number of phenols is 1. The van der Waals surface area contributed by atoms with Crippen molar-refractivity contribution in [3.05, 3.63) is 29.8 Å². The first-order chi connectivity index (χ1) is 9.65. The van der Waals surface area contributed by atoms with Crippen LogP contribution in [0.1, 0.15) is 24.8 Å². The molecule has 0 radical (unpaired) electrons. The maximum atomic E-state index is 12.9. The summed E-state index contributed by atoms with van der Waals surface area (Å²) in [6.45, 7) is 0.878. The molecular formula is C15H21FN2O2. The summed E-state index contributed by atoms with van der Waals surface area (Å²) in [4.78, 5) is 11.8. The molecule has 1 aromatic carbocycles. The monoisotopic (exact) mass is 280 g/mol. The number of amides is 1. The lowest BCUT2D eigenvalue weighted by Gasteiger charge is -2.24. The van der Waals surface area contributed by atoms with Crippen molar-refractivity contribution in [2.24, 2.45) is 0 Å². The Bertz CT molecular complexity index is 428. The van der Waals surface area contributed by atoms with E-state index in [1.807, 2.05) is 12.1 Å². The quantitative estimate of drug-likeness (QED) is 0.717. The van der Waals surface area contributed by atoms with Gasteiger partial charge in [-0.2, -0.15) is 0 Å². The molecule has 2 atom stereocenters. The van der Waals surface area contributed by atoms with Gasteiger partial charge in [-0.1, -0.05) is 12.1 Å². The highest BCUT2D eigenvalue weighted by Gasteiger charge is 2.24. The van der Waals surface area contributed by atoms with Crippen molar-refractivity contribution in [2.45, 2.75) is 37.9 Å². The van der Waals surface area contributed by atoms with Gasteiger partial charge >= 0.3 is 0 Å². The molecule has 0 bridgehead atoms. The fraction of sp³-hybridized carbons (Fsp3) is 0.533. The highest BCUT2D eigenvalue weighted by molar-refractivity contribution is 5.81. The van der Waals surface area contributed by atoms with E-state index in [0.717, 1.165) is 18.4 Å². The molecule has 1 aliphatic heterocycles. The summed E-state index contributed by atoms with van der Waals surface area (Å²) in [6, 6.07) is 6.82. The van der Waals surface area contributed by atoms with Gasteiger partial charge in [0.25, 0.3) is 0 Å². The fourth-order valence-corrected chi connectivity index (χ4v) is 2.34. The van der Waals surface area contributed by atoms with Gasteiger partial charge < -0.3 is 15.7 Å². The maximum absolute atomic E-state index is 12.9. The van der Waals surface area contributed by atoms with Crippen LogP contribution in [0.4, 0.5) is 4.39 Å². The second kappa shape index (κ2) is 7.24. The van der Waals surface area contributed by atoms with E-state index in [1.165, 1.54) is 0 Å². The van der Waals surface area contributed by atoms with E-state index >= 15 is 0 Å². The number of aryl methyl sites for hydroxylation is 1. The fourth-order valence-electron chi connectivity index (χ4n) is 2.34. The van der Waals surface area contributed by atoms with Crippen LogP contribution in [-0.2, 0) is 11.2 Å². The van der Waals surface area contributed by atoms with Gasteiger partial charge in [0.1, 0.15) is 11.9 Å². The zero-order chi connectivity index (χ0) is 14.4. The number of hydrogen-bond donors (Lipinski definition) is 3. The Hall–Kier alpha value is -1.62. The molecule has 3 N–H and O–H groups in total. The third-order valence-electron chi connectivity index (χ3n) is 3.55. The van der Waals surface area contributed by atoms with E-state index in [0.29, 0.717) is 19.4 Å². The number of carbonyl (C=O) groups excluding carboxylic acids is 1. The standard InChI is InChI=1S/C15H21FN2O2/c16-12-5-8-14(18-10-12)15(20)17-9-1-2-11-3-6-13(19)7-4-11/h3-4,6-7,12,14,18-19H,1-2,5,8-10H2,(H,17,20). The first-order valence-electron chi connectivity index (χ1n) is 7.08. The highest BCUT2D eigenvalue weighted by atomic mass is 19.1.